The molecule has 0 bridgehead atoms. The van der Waals surface area contributed by atoms with Gasteiger partial charge in [0.2, 0.25) is 0 Å². The van der Waals surface area contributed by atoms with E-state index >= 15 is 0 Å². The molecular weight excluding hydrogens is 239 g/mol. The van der Waals surface area contributed by atoms with Gasteiger partial charge in [0.15, 0.2) is 0 Å². The minimum absolute atomic E-state index is 0.0748. The average molecular weight is 250 g/mol. The number of nitrogens with zero attached hydrogens (tertiary/aromatic N) is 1. The van der Waals surface area contributed by atoms with Crippen LogP contribution < -0.4 is 5.32 Å². The van der Waals surface area contributed by atoms with Crippen molar-refractivity contribution in [2.45, 2.75) is 6.42 Å². The Hall–Kier alpha value is -1.75. The van der Waals surface area contributed by atoms with Crippen molar-refractivity contribution in [2.24, 2.45) is 0 Å². The average Bonchev–Trinajstić information content (AvgIpc) is 2.82. The first-order valence-corrected chi connectivity index (χ1v) is 6.11. The molecular formula is C12H11FN2OS. The maximum absolute atomic E-state index is 13.3. The highest BCUT2D eigenvalue weighted by Gasteiger charge is 2.09. The summed E-state index contributed by atoms with van der Waals surface area (Å²) in [4.78, 5) is 15.7. The van der Waals surface area contributed by atoms with Crippen LogP contribution in [-0.2, 0) is 6.42 Å². The molecule has 1 heterocycles. The maximum atomic E-state index is 13.3. The number of halogens is 1. The number of hydrogen-bond donors (Lipinski definition) is 1. The molecule has 0 saturated carbocycles. The predicted octanol–water partition coefficient (Wildman–Crippen LogP) is 2.25. The zero-order chi connectivity index (χ0) is 12.1. The lowest BCUT2D eigenvalue weighted by Gasteiger charge is -2.04. The summed E-state index contributed by atoms with van der Waals surface area (Å²) in [5, 5.41) is 4.59. The maximum Gasteiger partial charge on any atom is 0.254 e. The highest BCUT2D eigenvalue weighted by Crippen LogP contribution is 2.06. The smallest absolute Gasteiger partial charge is 0.254 e. The summed E-state index contributed by atoms with van der Waals surface area (Å²) in [6, 6.07) is 5.93. The van der Waals surface area contributed by atoms with Crippen molar-refractivity contribution in [1.82, 2.24) is 10.3 Å². The molecule has 1 aromatic heterocycles. The minimum Gasteiger partial charge on any atom is -0.352 e. The topological polar surface area (TPSA) is 42.0 Å². The number of carbonyl (C=O) groups is 1. The summed E-state index contributed by atoms with van der Waals surface area (Å²) in [5.74, 6) is -0.892. The van der Waals surface area contributed by atoms with E-state index in [-0.39, 0.29) is 5.56 Å². The lowest BCUT2D eigenvalue weighted by molar-refractivity contribution is 0.0950. The molecule has 0 fully saturated rings. The second kappa shape index (κ2) is 5.54. The van der Waals surface area contributed by atoms with Gasteiger partial charge in [-0.3, -0.25) is 4.79 Å². The summed E-state index contributed by atoms with van der Waals surface area (Å²) in [6.45, 7) is 0.455. The van der Waals surface area contributed by atoms with Crippen molar-refractivity contribution in [1.29, 1.82) is 0 Å². The van der Waals surface area contributed by atoms with Crippen molar-refractivity contribution >= 4 is 17.2 Å². The second-order valence-electron chi connectivity index (χ2n) is 3.47. The molecule has 0 radical (unpaired) electrons. The van der Waals surface area contributed by atoms with Gasteiger partial charge in [0, 0.05) is 18.3 Å². The number of rotatable bonds is 4. The molecule has 2 rings (SSSR count). The summed E-state index contributed by atoms with van der Waals surface area (Å²) in [7, 11) is 0. The van der Waals surface area contributed by atoms with Crippen LogP contribution in [0.5, 0.6) is 0 Å². The molecule has 5 heteroatoms. The molecule has 1 aromatic carbocycles. The molecule has 0 aliphatic carbocycles. The van der Waals surface area contributed by atoms with Gasteiger partial charge in [0.05, 0.1) is 16.8 Å². The fourth-order valence-corrected chi connectivity index (χ4v) is 2.00. The molecule has 17 heavy (non-hydrogen) atoms. The first kappa shape index (κ1) is 11.7. The Balaban J connectivity index is 1.88. The van der Waals surface area contributed by atoms with Gasteiger partial charge < -0.3 is 5.32 Å². The number of aromatic nitrogens is 1. The van der Waals surface area contributed by atoms with Crippen molar-refractivity contribution in [3.05, 3.63) is 52.2 Å². The van der Waals surface area contributed by atoms with Crippen molar-refractivity contribution in [3.63, 3.8) is 0 Å². The van der Waals surface area contributed by atoms with Gasteiger partial charge in [-0.05, 0) is 12.1 Å². The number of thiazole rings is 1. The molecule has 88 valence electrons. The molecule has 3 nitrogen and oxygen atoms in total. The quantitative estimate of drug-likeness (QED) is 0.904. The van der Waals surface area contributed by atoms with E-state index in [9.17, 15) is 9.18 Å². The number of carbonyl (C=O) groups excluding carboxylic acids is 1. The third kappa shape index (κ3) is 3.10. The van der Waals surface area contributed by atoms with Gasteiger partial charge in [-0.15, -0.1) is 11.3 Å². The van der Waals surface area contributed by atoms with Crippen molar-refractivity contribution in [2.75, 3.05) is 6.54 Å². The Labute approximate surface area is 102 Å². The largest absolute Gasteiger partial charge is 0.352 e. The van der Waals surface area contributed by atoms with Crippen LogP contribution in [0.25, 0.3) is 0 Å². The molecule has 0 saturated heterocycles. The van der Waals surface area contributed by atoms with Gasteiger partial charge >= 0.3 is 0 Å². The first-order chi connectivity index (χ1) is 8.27. The zero-order valence-electron chi connectivity index (χ0n) is 9.02. The van der Waals surface area contributed by atoms with Crippen LogP contribution in [-0.4, -0.2) is 17.4 Å². The molecule has 2 aromatic rings. The van der Waals surface area contributed by atoms with Crippen LogP contribution in [0, 0.1) is 5.82 Å². The third-order valence-corrected chi connectivity index (χ3v) is 2.90. The lowest BCUT2D eigenvalue weighted by Crippen LogP contribution is -2.26. The van der Waals surface area contributed by atoms with Crippen LogP contribution in [0.4, 0.5) is 4.39 Å². The van der Waals surface area contributed by atoms with E-state index in [1.807, 2.05) is 5.38 Å². The molecule has 0 aliphatic rings. The fraction of sp³-hybridized carbons (Fsp3) is 0.167. The van der Waals surface area contributed by atoms with Gasteiger partial charge in [0.25, 0.3) is 5.91 Å². The van der Waals surface area contributed by atoms with E-state index in [1.165, 1.54) is 23.5 Å². The SMILES string of the molecule is O=C(NCCc1cscn1)c1ccccc1F. The Morgan fingerprint density at radius 1 is 1.41 bits per heavy atom. The van der Waals surface area contributed by atoms with Crippen molar-refractivity contribution in [3.8, 4) is 0 Å². The Morgan fingerprint density at radius 2 is 2.24 bits per heavy atom. The van der Waals surface area contributed by atoms with E-state index < -0.39 is 11.7 Å². The Bertz CT molecular complexity index is 499. The molecule has 0 atom stereocenters. The molecule has 0 spiro atoms. The minimum atomic E-state index is -0.501. The Morgan fingerprint density at radius 3 is 2.94 bits per heavy atom. The van der Waals surface area contributed by atoms with Gasteiger partial charge in [0.1, 0.15) is 5.82 Å². The number of nitrogens with one attached hydrogen (secondary N) is 1. The normalized spacial score (nSPS) is 10.2. The standard InChI is InChI=1S/C12H11FN2OS/c13-11-4-2-1-3-10(11)12(16)14-6-5-9-7-17-8-15-9/h1-4,7-8H,5-6H2,(H,14,16). The van der Waals surface area contributed by atoms with E-state index in [0.717, 1.165) is 5.69 Å². The van der Waals surface area contributed by atoms with E-state index in [0.29, 0.717) is 13.0 Å². The molecule has 1 amide bonds. The fourth-order valence-electron chi connectivity index (χ4n) is 1.41. The van der Waals surface area contributed by atoms with Crippen LogP contribution in [0.3, 0.4) is 0 Å². The Kier molecular flexibility index (Phi) is 3.82. The van der Waals surface area contributed by atoms with Crippen molar-refractivity contribution < 1.29 is 9.18 Å². The van der Waals surface area contributed by atoms with E-state index in [2.05, 4.69) is 10.3 Å². The van der Waals surface area contributed by atoms with Crippen LogP contribution in [0.1, 0.15) is 16.1 Å². The highest BCUT2D eigenvalue weighted by molar-refractivity contribution is 7.07. The summed E-state index contributed by atoms with van der Waals surface area (Å²) in [5.41, 5.74) is 2.75. The van der Waals surface area contributed by atoms with Crippen LogP contribution in [0.15, 0.2) is 35.2 Å². The van der Waals surface area contributed by atoms with E-state index in [4.69, 9.17) is 0 Å². The van der Waals surface area contributed by atoms with Gasteiger partial charge in [-0.1, -0.05) is 12.1 Å². The second-order valence-corrected chi connectivity index (χ2v) is 4.18. The van der Waals surface area contributed by atoms with Crippen LogP contribution >= 0.6 is 11.3 Å². The third-order valence-electron chi connectivity index (χ3n) is 2.27. The van der Waals surface area contributed by atoms with Crippen LogP contribution in [0.2, 0.25) is 0 Å². The van der Waals surface area contributed by atoms with Gasteiger partial charge in [-0.2, -0.15) is 0 Å². The number of amides is 1. The highest BCUT2D eigenvalue weighted by atomic mass is 32.1. The molecule has 1 N–H and O–H groups in total. The zero-order valence-corrected chi connectivity index (χ0v) is 9.84. The van der Waals surface area contributed by atoms with Gasteiger partial charge in [-0.25, -0.2) is 9.37 Å². The first-order valence-electron chi connectivity index (χ1n) is 5.17. The lowest BCUT2D eigenvalue weighted by atomic mass is 10.2. The summed E-state index contributed by atoms with van der Waals surface area (Å²) >= 11 is 1.51. The predicted molar refractivity (Wildman–Crippen MR) is 64.6 cm³/mol. The molecule has 0 aliphatic heterocycles. The number of benzene rings is 1. The van der Waals surface area contributed by atoms with E-state index in [1.54, 1.807) is 17.6 Å². The summed E-state index contributed by atoms with van der Waals surface area (Å²) < 4.78 is 13.3. The molecule has 0 unspecified atom stereocenters. The number of hydrogen-bond acceptors (Lipinski definition) is 3. The monoisotopic (exact) mass is 250 g/mol. The summed E-state index contributed by atoms with van der Waals surface area (Å²) in [6.07, 6.45) is 0.656.